The van der Waals surface area contributed by atoms with E-state index in [1.165, 1.54) is 6.07 Å². The molecule has 0 unspecified atom stereocenters. The maximum atomic E-state index is 13.3. The second-order valence-electron chi connectivity index (χ2n) is 3.59. The van der Waals surface area contributed by atoms with E-state index in [9.17, 15) is 9.18 Å². The van der Waals surface area contributed by atoms with Crippen LogP contribution >= 0.6 is 0 Å². The van der Waals surface area contributed by atoms with Crippen LogP contribution in [-0.2, 0) is 11.3 Å². The van der Waals surface area contributed by atoms with Crippen LogP contribution in [0.5, 0.6) is 0 Å². The number of hydrogen-bond donors (Lipinski definition) is 0. The number of rotatable bonds is 4. The van der Waals surface area contributed by atoms with Gasteiger partial charge in [0.15, 0.2) is 0 Å². The molecule has 2 nitrogen and oxygen atoms in total. The zero-order valence-electron chi connectivity index (χ0n) is 9.16. The standard InChI is InChI=1S/C12H16FNO/c1-3-6-12(15)14(2)9-10-7-4-5-8-11(10)13/h4-5,7-8H,3,6,9H2,1-2H3. The molecule has 0 aliphatic carbocycles. The van der Waals surface area contributed by atoms with Crippen molar-refractivity contribution in [2.45, 2.75) is 26.3 Å². The van der Waals surface area contributed by atoms with Crippen LogP contribution in [0.15, 0.2) is 24.3 Å². The van der Waals surface area contributed by atoms with Crippen molar-refractivity contribution in [2.24, 2.45) is 0 Å². The van der Waals surface area contributed by atoms with Crippen LogP contribution in [0, 0.1) is 5.82 Å². The Hall–Kier alpha value is -1.38. The number of benzene rings is 1. The maximum absolute atomic E-state index is 13.3. The fraction of sp³-hybridized carbons (Fsp3) is 0.417. The Morgan fingerprint density at radius 2 is 2.07 bits per heavy atom. The maximum Gasteiger partial charge on any atom is 0.222 e. The molecule has 1 aromatic rings. The fourth-order valence-corrected chi connectivity index (χ4v) is 1.38. The van der Waals surface area contributed by atoms with Crippen LogP contribution in [0.1, 0.15) is 25.3 Å². The number of hydrogen-bond acceptors (Lipinski definition) is 1. The average Bonchev–Trinajstić information content (AvgIpc) is 2.21. The van der Waals surface area contributed by atoms with E-state index in [0.717, 1.165) is 6.42 Å². The number of amides is 1. The summed E-state index contributed by atoms with van der Waals surface area (Å²) in [6.07, 6.45) is 1.34. The number of carbonyl (C=O) groups excluding carboxylic acids is 1. The molecule has 3 heteroatoms. The van der Waals surface area contributed by atoms with Gasteiger partial charge >= 0.3 is 0 Å². The van der Waals surface area contributed by atoms with Crippen molar-refractivity contribution in [3.63, 3.8) is 0 Å². The van der Waals surface area contributed by atoms with E-state index in [1.54, 1.807) is 30.1 Å². The minimum atomic E-state index is -0.256. The monoisotopic (exact) mass is 209 g/mol. The van der Waals surface area contributed by atoms with Gasteiger partial charge in [-0.1, -0.05) is 25.1 Å². The highest BCUT2D eigenvalue weighted by molar-refractivity contribution is 5.75. The smallest absolute Gasteiger partial charge is 0.222 e. The second-order valence-corrected chi connectivity index (χ2v) is 3.59. The largest absolute Gasteiger partial charge is 0.341 e. The van der Waals surface area contributed by atoms with Crippen LogP contribution in [0.2, 0.25) is 0 Å². The lowest BCUT2D eigenvalue weighted by Crippen LogP contribution is -2.26. The van der Waals surface area contributed by atoms with Crippen molar-refractivity contribution in [3.8, 4) is 0 Å². The lowest BCUT2D eigenvalue weighted by molar-refractivity contribution is -0.130. The zero-order valence-corrected chi connectivity index (χ0v) is 9.16. The molecule has 0 aliphatic rings. The van der Waals surface area contributed by atoms with Gasteiger partial charge in [0.05, 0.1) is 0 Å². The van der Waals surface area contributed by atoms with Crippen LogP contribution in [0.4, 0.5) is 4.39 Å². The first-order valence-corrected chi connectivity index (χ1v) is 5.12. The molecule has 0 N–H and O–H groups in total. The Balaban J connectivity index is 2.62. The first kappa shape index (κ1) is 11.7. The normalized spacial score (nSPS) is 10.1. The van der Waals surface area contributed by atoms with Gasteiger partial charge in [-0.15, -0.1) is 0 Å². The highest BCUT2D eigenvalue weighted by atomic mass is 19.1. The van der Waals surface area contributed by atoms with Crippen molar-refractivity contribution >= 4 is 5.91 Å². The Morgan fingerprint density at radius 1 is 1.40 bits per heavy atom. The van der Waals surface area contributed by atoms with Crippen molar-refractivity contribution in [2.75, 3.05) is 7.05 Å². The summed E-state index contributed by atoms with van der Waals surface area (Å²) in [6.45, 7) is 2.29. The molecule has 0 saturated carbocycles. The van der Waals surface area contributed by atoms with Crippen molar-refractivity contribution in [1.29, 1.82) is 0 Å². The predicted octanol–water partition coefficient (Wildman–Crippen LogP) is 2.58. The molecule has 0 saturated heterocycles. The minimum Gasteiger partial charge on any atom is -0.341 e. The molecule has 0 spiro atoms. The Morgan fingerprint density at radius 3 is 2.67 bits per heavy atom. The number of carbonyl (C=O) groups is 1. The first-order chi connectivity index (χ1) is 7.15. The van der Waals surface area contributed by atoms with E-state index in [4.69, 9.17) is 0 Å². The van der Waals surface area contributed by atoms with E-state index < -0.39 is 0 Å². The van der Waals surface area contributed by atoms with Gasteiger partial charge < -0.3 is 4.90 Å². The summed E-state index contributed by atoms with van der Waals surface area (Å²) in [5.74, 6) is -0.200. The second kappa shape index (κ2) is 5.49. The molecule has 0 heterocycles. The van der Waals surface area contributed by atoms with Crippen molar-refractivity contribution in [1.82, 2.24) is 4.90 Å². The van der Waals surface area contributed by atoms with Gasteiger partial charge in [-0.3, -0.25) is 4.79 Å². The van der Waals surface area contributed by atoms with Gasteiger partial charge in [0, 0.05) is 25.6 Å². The molecule has 15 heavy (non-hydrogen) atoms. The van der Waals surface area contributed by atoms with Gasteiger partial charge in [-0.2, -0.15) is 0 Å². The predicted molar refractivity (Wildman–Crippen MR) is 57.8 cm³/mol. The Bertz CT molecular complexity index is 338. The van der Waals surface area contributed by atoms with E-state index >= 15 is 0 Å². The molecule has 0 atom stereocenters. The van der Waals surface area contributed by atoms with Gasteiger partial charge in [0.25, 0.3) is 0 Å². The van der Waals surface area contributed by atoms with E-state index in [-0.39, 0.29) is 11.7 Å². The topological polar surface area (TPSA) is 20.3 Å². The highest BCUT2D eigenvalue weighted by Crippen LogP contribution is 2.09. The van der Waals surface area contributed by atoms with Crippen LogP contribution < -0.4 is 0 Å². The summed E-state index contributed by atoms with van der Waals surface area (Å²) in [5, 5.41) is 0. The van der Waals surface area contributed by atoms with E-state index in [1.807, 2.05) is 6.92 Å². The molecule has 0 fully saturated rings. The van der Waals surface area contributed by atoms with E-state index in [2.05, 4.69) is 0 Å². The highest BCUT2D eigenvalue weighted by Gasteiger charge is 2.09. The van der Waals surface area contributed by atoms with Gasteiger partial charge in [-0.05, 0) is 12.5 Å². The van der Waals surface area contributed by atoms with Gasteiger partial charge in [0.1, 0.15) is 5.82 Å². The van der Waals surface area contributed by atoms with Crippen molar-refractivity contribution in [3.05, 3.63) is 35.6 Å². The molecule has 0 radical (unpaired) electrons. The quantitative estimate of drug-likeness (QED) is 0.746. The summed E-state index contributed by atoms with van der Waals surface area (Å²) in [4.78, 5) is 13.0. The van der Waals surface area contributed by atoms with Crippen LogP contribution in [0.25, 0.3) is 0 Å². The Labute approximate surface area is 89.7 Å². The molecular formula is C12H16FNO. The molecule has 0 bridgehead atoms. The Kier molecular flexibility index (Phi) is 4.28. The summed E-state index contributed by atoms with van der Waals surface area (Å²) in [7, 11) is 1.70. The lowest BCUT2D eigenvalue weighted by Gasteiger charge is -2.17. The van der Waals surface area contributed by atoms with Crippen LogP contribution in [-0.4, -0.2) is 17.9 Å². The van der Waals surface area contributed by atoms with Crippen molar-refractivity contribution < 1.29 is 9.18 Å². The summed E-state index contributed by atoms with van der Waals surface area (Å²) < 4.78 is 13.3. The van der Waals surface area contributed by atoms with Gasteiger partial charge in [-0.25, -0.2) is 4.39 Å². The third-order valence-electron chi connectivity index (χ3n) is 2.25. The molecule has 1 rings (SSSR count). The summed E-state index contributed by atoms with van der Waals surface area (Å²) >= 11 is 0. The number of nitrogens with zero attached hydrogens (tertiary/aromatic N) is 1. The lowest BCUT2D eigenvalue weighted by atomic mass is 10.2. The third-order valence-corrected chi connectivity index (χ3v) is 2.25. The molecule has 1 aromatic carbocycles. The van der Waals surface area contributed by atoms with E-state index in [0.29, 0.717) is 18.5 Å². The molecule has 0 aromatic heterocycles. The molecule has 1 amide bonds. The summed E-state index contributed by atoms with van der Waals surface area (Å²) in [6, 6.07) is 6.53. The van der Waals surface area contributed by atoms with Gasteiger partial charge in [0.2, 0.25) is 5.91 Å². The third kappa shape index (κ3) is 3.35. The number of halogens is 1. The van der Waals surface area contributed by atoms with Crippen LogP contribution in [0.3, 0.4) is 0 Å². The SMILES string of the molecule is CCCC(=O)N(C)Cc1ccccc1F. The summed E-state index contributed by atoms with van der Waals surface area (Å²) in [5.41, 5.74) is 0.560. The zero-order chi connectivity index (χ0) is 11.3. The molecular weight excluding hydrogens is 193 g/mol. The fourth-order valence-electron chi connectivity index (χ4n) is 1.38. The first-order valence-electron chi connectivity index (χ1n) is 5.12. The molecule has 0 aliphatic heterocycles. The molecule has 82 valence electrons. The minimum absolute atomic E-state index is 0.0563. The average molecular weight is 209 g/mol.